The summed E-state index contributed by atoms with van der Waals surface area (Å²) in [6, 6.07) is 192. The molecule has 0 bridgehead atoms. The summed E-state index contributed by atoms with van der Waals surface area (Å²) in [6.07, 6.45) is 0. The lowest BCUT2D eigenvalue weighted by atomic mass is 9.97. The van der Waals surface area contributed by atoms with Gasteiger partial charge in [0.05, 0.1) is 5.69 Å². The molecule has 7 nitrogen and oxygen atoms in total. The van der Waals surface area contributed by atoms with Crippen LogP contribution in [-0.4, -0.2) is 0 Å². The number of rotatable bonds is 19. The quantitative estimate of drug-likeness (QED) is 0.0798. The van der Waals surface area contributed by atoms with Crippen LogP contribution in [0.4, 0.5) is 102 Å². The van der Waals surface area contributed by atoms with Crippen LogP contribution in [0.3, 0.4) is 0 Å². The third-order valence-electron chi connectivity index (χ3n) is 28.6. The number of nitrogens with zero attached hydrogens (tertiary/aromatic N) is 6. The molecule has 6 heterocycles. The summed E-state index contributed by atoms with van der Waals surface area (Å²) in [5, 5.41) is 17.7. The zero-order chi connectivity index (χ0) is 99.6. The first-order valence-corrected chi connectivity index (χ1v) is 54.7. The van der Waals surface area contributed by atoms with Crippen LogP contribution in [-0.2, 0) is 0 Å². The molecule has 0 fully saturated rings. The van der Waals surface area contributed by atoms with E-state index in [-0.39, 0.29) is 0 Å². The first-order valence-electron chi connectivity index (χ1n) is 50.6. The second-order valence-electron chi connectivity index (χ2n) is 37.9. The molecule has 0 radical (unpaired) electrons. The Hall–Kier alpha value is -18.0. The van der Waals surface area contributed by atoms with Gasteiger partial charge >= 0.3 is 0 Å². The minimum Gasteiger partial charge on any atom is -0.456 e. The van der Waals surface area contributed by atoms with Crippen LogP contribution >= 0.6 is 56.7 Å². The smallest absolute Gasteiger partial charge is 0.135 e. The van der Waals surface area contributed by atoms with E-state index in [4.69, 9.17) is 4.42 Å². The molecule has 0 aliphatic rings. The van der Waals surface area contributed by atoms with Crippen LogP contribution in [0, 0.1) is 13.8 Å². The van der Waals surface area contributed by atoms with Crippen molar-refractivity contribution in [2.45, 2.75) is 13.8 Å². The van der Waals surface area contributed by atoms with Gasteiger partial charge < -0.3 is 33.8 Å². The fraction of sp³-hybridized carbons (Fsp3) is 0.0145. The van der Waals surface area contributed by atoms with E-state index < -0.39 is 0 Å². The lowest BCUT2D eigenvalue weighted by Crippen LogP contribution is -2.10. The zero-order valence-corrected chi connectivity index (χ0v) is 86.0. The molecule has 150 heavy (non-hydrogen) atoms. The van der Waals surface area contributed by atoms with Crippen LogP contribution in [0.2, 0.25) is 0 Å². The van der Waals surface area contributed by atoms with Crippen molar-refractivity contribution in [2.75, 3.05) is 29.4 Å². The summed E-state index contributed by atoms with van der Waals surface area (Å²) in [6.45, 7) is 4.51. The van der Waals surface area contributed by atoms with Gasteiger partial charge in [0, 0.05) is 219 Å². The van der Waals surface area contributed by atoms with Crippen molar-refractivity contribution in [3.63, 3.8) is 0 Å². The number of aryl methyl sites for hydroxylation is 2. The molecule has 12 heteroatoms. The Morgan fingerprint density at radius 3 is 0.847 bits per heavy atom. The molecule has 6 aromatic heterocycles. The lowest BCUT2D eigenvalue weighted by molar-refractivity contribution is 0.669. The standard InChI is InChI=1S/C48H32N2S2.C47H32N2S2.C43H30N2OS/c1-5-15-33(16-6-1)41-31-39(50(36-21-11-4-12-22-36)37-25-27-45-42(29-37)40-23-13-14-24-44(40)51-45)32-47-48(41)43-30-38(26-28-46(43)52-47)49(34-17-7-2-8-18-34)35-19-9-3-10-20-35;1-31-27-36(29-45-46(31)41-28-35(25-26-44(41)50-45)48(32-15-5-2-6-16-32)33-17-7-3-8-18-33)49(34-19-9-4-10-20-34)42-30-40-38-22-13-14-24-43(38)51-47(40)39-23-12-11-21-37(39)42;1-29-25-35(45(32-17-9-4-10-18-32)33-21-23-40-37(26-33)36-19-11-12-20-39(36)46-40)28-42-43(29)38-27-34(22-24-41(38)47-42)44(30-13-5-2-6-14-30)31-15-7-3-8-16-31/h1-32H;2-30H,1H3;2-28H,1H3. The molecule has 0 spiro atoms. The molecular formula is C138H94N6OS5. The summed E-state index contributed by atoms with van der Waals surface area (Å²) in [5.41, 5.74) is 27.3. The first-order chi connectivity index (χ1) is 74.2. The third-order valence-corrected chi connectivity index (χ3v) is 34.3. The van der Waals surface area contributed by atoms with E-state index in [0.717, 1.165) is 119 Å². The van der Waals surface area contributed by atoms with Gasteiger partial charge in [-0.1, -0.05) is 273 Å². The van der Waals surface area contributed by atoms with Gasteiger partial charge in [0.2, 0.25) is 0 Å². The molecule has 0 aliphatic carbocycles. The highest BCUT2D eigenvalue weighted by Gasteiger charge is 2.28. The Morgan fingerprint density at radius 1 is 0.153 bits per heavy atom. The Bertz CT molecular complexity index is 9970. The number of anilines is 18. The number of fused-ring (bicyclic) bond motifs is 20. The van der Waals surface area contributed by atoms with Gasteiger partial charge in [-0.25, -0.2) is 0 Å². The molecule has 0 saturated heterocycles. The van der Waals surface area contributed by atoms with Gasteiger partial charge in [-0.3, -0.25) is 0 Å². The number of furan rings is 1. The maximum absolute atomic E-state index is 6.17. The highest BCUT2D eigenvalue weighted by molar-refractivity contribution is 7.28. The highest BCUT2D eigenvalue weighted by Crippen LogP contribution is 2.55. The van der Waals surface area contributed by atoms with Gasteiger partial charge in [-0.2, -0.15) is 0 Å². The fourth-order valence-electron chi connectivity index (χ4n) is 22.0. The van der Waals surface area contributed by atoms with E-state index >= 15 is 0 Å². The number of hydrogen-bond acceptors (Lipinski definition) is 12. The monoisotopic (exact) mass is 2010 g/mol. The van der Waals surface area contributed by atoms with Crippen molar-refractivity contribution >= 4 is 293 Å². The third kappa shape index (κ3) is 16.8. The highest BCUT2D eigenvalue weighted by atomic mass is 32.1. The Kier molecular flexibility index (Phi) is 23.7. The number of benzene rings is 23. The molecule has 0 aliphatic heterocycles. The van der Waals surface area contributed by atoms with Gasteiger partial charge in [0.15, 0.2) is 0 Å². The summed E-state index contributed by atoms with van der Waals surface area (Å²) >= 11 is 9.35. The molecule has 0 N–H and O–H groups in total. The average molecular weight is 2010 g/mol. The fourth-order valence-corrected chi connectivity index (χ4v) is 27.8. The molecule has 0 amide bonds. The number of para-hydroxylation sites is 10. The Labute approximate surface area is 888 Å². The topological polar surface area (TPSA) is 32.6 Å². The molecule has 29 aromatic rings. The molecular weight excluding hydrogens is 1920 g/mol. The van der Waals surface area contributed by atoms with E-state index in [1.54, 1.807) is 0 Å². The maximum Gasteiger partial charge on any atom is 0.135 e. The Morgan fingerprint density at radius 2 is 0.427 bits per heavy atom. The summed E-state index contributed by atoms with van der Waals surface area (Å²) in [5.74, 6) is 0. The van der Waals surface area contributed by atoms with Crippen LogP contribution < -0.4 is 29.4 Å². The van der Waals surface area contributed by atoms with Gasteiger partial charge in [0.25, 0.3) is 0 Å². The number of hydrogen-bond donors (Lipinski definition) is 0. The van der Waals surface area contributed by atoms with Crippen molar-refractivity contribution in [2.24, 2.45) is 0 Å². The molecule has 23 aromatic carbocycles. The van der Waals surface area contributed by atoms with Crippen LogP contribution in [0.25, 0.3) is 145 Å². The maximum atomic E-state index is 6.17. The normalized spacial score (nSPS) is 11.5. The van der Waals surface area contributed by atoms with Gasteiger partial charge in [-0.15, -0.1) is 56.7 Å². The minimum absolute atomic E-state index is 0.898. The Balaban J connectivity index is 0.000000111. The SMILES string of the molecule is Cc1cc(N(c2ccccc2)c2cc3c4ccccc4sc3c3ccccc23)cc2sc3ccc(N(c4ccccc4)c4ccccc4)cc3c12.Cc1cc(N(c2ccccc2)c2ccc3oc4ccccc4c3c2)cc2sc3ccc(N(c4ccccc4)c4ccccc4)cc3c12.c1ccc(-c2cc(N(c3ccccc3)c3ccc4sc5ccccc5c4c3)cc3sc4ccc(N(c5ccccc5)c5ccccc5)cc4c23)cc1. The van der Waals surface area contributed by atoms with Crippen molar-refractivity contribution < 1.29 is 4.42 Å². The molecule has 0 atom stereocenters. The summed E-state index contributed by atoms with van der Waals surface area (Å²) in [7, 11) is 0. The lowest BCUT2D eigenvalue weighted by Gasteiger charge is -2.28. The van der Waals surface area contributed by atoms with E-state index in [0.29, 0.717) is 0 Å². The van der Waals surface area contributed by atoms with Crippen molar-refractivity contribution in [1.82, 2.24) is 0 Å². The van der Waals surface area contributed by atoms with Crippen molar-refractivity contribution in [1.29, 1.82) is 0 Å². The van der Waals surface area contributed by atoms with E-state index in [1.165, 1.54) is 140 Å². The summed E-state index contributed by atoms with van der Waals surface area (Å²) in [4.78, 5) is 14.3. The molecule has 29 rings (SSSR count). The van der Waals surface area contributed by atoms with Gasteiger partial charge in [0.1, 0.15) is 11.2 Å². The molecule has 712 valence electrons. The molecule has 0 saturated carbocycles. The van der Waals surface area contributed by atoms with E-state index in [2.05, 4.69) is 565 Å². The van der Waals surface area contributed by atoms with E-state index in [1.807, 2.05) is 68.8 Å². The average Bonchev–Trinajstić information content (AvgIpc) is 1.64. The summed E-state index contributed by atoms with van der Waals surface area (Å²) < 4.78 is 19.1. The minimum atomic E-state index is 0.898. The second-order valence-corrected chi connectivity index (χ2v) is 43.2. The largest absolute Gasteiger partial charge is 0.456 e. The first kappa shape index (κ1) is 90.8. The second kappa shape index (κ2) is 39.1. The van der Waals surface area contributed by atoms with Crippen molar-refractivity contribution in [3.8, 4) is 11.1 Å². The zero-order valence-electron chi connectivity index (χ0n) is 81.9. The van der Waals surface area contributed by atoms with Crippen LogP contribution in [0.5, 0.6) is 0 Å². The predicted octanol–water partition coefficient (Wildman–Crippen LogP) is 43.1. The van der Waals surface area contributed by atoms with E-state index in [9.17, 15) is 0 Å². The van der Waals surface area contributed by atoms with Crippen LogP contribution in [0.1, 0.15) is 11.1 Å². The van der Waals surface area contributed by atoms with Gasteiger partial charge in [-0.05, 0) is 297 Å². The number of thiophene rings is 5. The van der Waals surface area contributed by atoms with Crippen LogP contribution in [0.15, 0.2) is 538 Å². The predicted molar refractivity (Wildman–Crippen MR) is 652 cm³/mol. The molecule has 0 unspecified atom stereocenters. The van der Waals surface area contributed by atoms with Crippen molar-refractivity contribution in [3.05, 3.63) is 545 Å².